The number of hydrogen-bond acceptors (Lipinski definition) is 4. The fraction of sp³-hybridized carbons (Fsp3) is 0.438. The maximum atomic E-state index is 14.0. The molecule has 0 saturated carbocycles. The third-order valence-corrected chi connectivity index (χ3v) is 3.24. The predicted octanol–water partition coefficient (Wildman–Crippen LogP) is 2.96. The molecule has 114 valence electrons. The predicted molar refractivity (Wildman–Crippen MR) is 79.7 cm³/mol. The van der Waals surface area contributed by atoms with Crippen molar-refractivity contribution < 1.29 is 13.5 Å². The minimum absolute atomic E-state index is 0.249. The fourth-order valence-corrected chi connectivity index (χ4v) is 2.05. The van der Waals surface area contributed by atoms with Crippen LogP contribution in [0.2, 0.25) is 0 Å². The summed E-state index contributed by atoms with van der Waals surface area (Å²) < 4.78 is 24.6. The number of nitrogens with one attached hydrogen (secondary N) is 1. The molecule has 21 heavy (non-hydrogen) atoms. The number of methoxy groups -OCH3 is 1. The van der Waals surface area contributed by atoms with E-state index in [1.165, 1.54) is 0 Å². The highest BCUT2D eigenvalue weighted by molar-refractivity contribution is 5.58. The summed E-state index contributed by atoms with van der Waals surface area (Å²) >= 11 is 0. The Labute approximate surface area is 124 Å². The van der Waals surface area contributed by atoms with Crippen LogP contribution >= 0.6 is 0 Å². The molecule has 0 atom stereocenters. The molecule has 2 aromatic rings. The van der Waals surface area contributed by atoms with Crippen LogP contribution in [0.15, 0.2) is 28.8 Å². The van der Waals surface area contributed by atoms with Gasteiger partial charge < -0.3 is 14.5 Å². The van der Waals surface area contributed by atoms with Crippen LogP contribution in [0.25, 0.3) is 11.3 Å². The SMILES string of the molecule is COCCNCCCc1ncc(-c2cccc(C)c2F)o1. The molecule has 1 aromatic heterocycles. The average Bonchev–Trinajstić information content (AvgIpc) is 2.94. The summed E-state index contributed by atoms with van der Waals surface area (Å²) in [6.45, 7) is 4.15. The minimum Gasteiger partial charge on any atom is -0.441 e. The number of hydrogen-bond donors (Lipinski definition) is 1. The van der Waals surface area contributed by atoms with E-state index in [0.29, 0.717) is 29.4 Å². The van der Waals surface area contributed by atoms with Crippen LogP contribution in [-0.4, -0.2) is 31.8 Å². The zero-order valence-electron chi connectivity index (χ0n) is 12.5. The Kier molecular flexibility index (Phi) is 5.90. The maximum absolute atomic E-state index is 14.0. The van der Waals surface area contributed by atoms with Crippen LogP contribution in [0.3, 0.4) is 0 Å². The minimum atomic E-state index is -0.249. The van der Waals surface area contributed by atoms with Gasteiger partial charge in [-0.1, -0.05) is 12.1 Å². The van der Waals surface area contributed by atoms with Gasteiger partial charge in [0.2, 0.25) is 0 Å². The lowest BCUT2D eigenvalue weighted by Crippen LogP contribution is -2.20. The summed E-state index contributed by atoms with van der Waals surface area (Å²) in [4.78, 5) is 4.21. The Hall–Kier alpha value is -1.72. The van der Waals surface area contributed by atoms with Gasteiger partial charge in [0, 0.05) is 20.1 Å². The molecule has 0 fully saturated rings. The lowest BCUT2D eigenvalue weighted by Gasteiger charge is -2.02. The third-order valence-electron chi connectivity index (χ3n) is 3.24. The van der Waals surface area contributed by atoms with Gasteiger partial charge in [0.25, 0.3) is 0 Å². The zero-order valence-corrected chi connectivity index (χ0v) is 12.5. The average molecular weight is 292 g/mol. The lowest BCUT2D eigenvalue weighted by atomic mass is 10.1. The van der Waals surface area contributed by atoms with Gasteiger partial charge in [0.1, 0.15) is 5.82 Å². The summed E-state index contributed by atoms with van der Waals surface area (Å²) in [6, 6.07) is 5.26. The largest absolute Gasteiger partial charge is 0.441 e. The van der Waals surface area contributed by atoms with Crippen LogP contribution in [0.1, 0.15) is 17.9 Å². The van der Waals surface area contributed by atoms with Crippen LogP contribution in [0.4, 0.5) is 4.39 Å². The summed E-state index contributed by atoms with van der Waals surface area (Å²) in [5, 5.41) is 3.26. The molecule has 0 bridgehead atoms. The second-order valence-electron chi connectivity index (χ2n) is 4.90. The molecule has 0 unspecified atom stereocenters. The van der Waals surface area contributed by atoms with Gasteiger partial charge in [-0.2, -0.15) is 0 Å². The van der Waals surface area contributed by atoms with Gasteiger partial charge >= 0.3 is 0 Å². The van der Waals surface area contributed by atoms with Gasteiger partial charge in [0.05, 0.1) is 18.4 Å². The summed E-state index contributed by atoms with van der Waals surface area (Å²) in [7, 11) is 1.68. The fourth-order valence-electron chi connectivity index (χ4n) is 2.05. The molecule has 1 N–H and O–H groups in total. The van der Waals surface area contributed by atoms with E-state index in [0.717, 1.165) is 25.9 Å². The first-order valence-corrected chi connectivity index (χ1v) is 7.12. The van der Waals surface area contributed by atoms with Crippen molar-refractivity contribution in [1.82, 2.24) is 10.3 Å². The quantitative estimate of drug-likeness (QED) is 0.760. The van der Waals surface area contributed by atoms with Crippen molar-refractivity contribution >= 4 is 0 Å². The number of aryl methyl sites for hydroxylation is 2. The highest BCUT2D eigenvalue weighted by Gasteiger charge is 2.12. The Morgan fingerprint density at radius 1 is 1.33 bits per heavy atom. The van der Waals surface area contributed by atoms with Crippen LogP contribution in [-0.2, 0) is 11.2 Å². The van der Waals surface area contributed by atoms with Gasteiger partial charge in [-0.15, -0.1) is 0 Å². The van der Waals surface area contributed by atoms with Crippen molar-refractivity contribution in [2.45, 2.75) is 19.8 Å². The van der Waals surface area contributed by atoms with E-state index in [2.05, 4.69) is 10.3 Å². The summed E-state index contributed by atoms with van der Waals surface area (Å²) in [6.07, 6.45) is 3.24. The monoisotopic (exact) mass is 292 g/mol. The number of oxazole rings is 1. The number of halogens is 1. The Balaban J connectivity index is 1.88. The smallest absolute Gasteiger partial charge is 0.194 e. The van der Waals surface area contributed by atoms with E-state index in [4.69, 9.17) is 9.15 Å². The second kappa shape index (κ2) is 7.90. The van der Waals surface area contributed by atoms with Crippen molar-refractivity contribution in [3.63, 3.8) is 0 Å². The number of ether oxygens (including phenoxy) is 1. The molecule has 1 aromatic carbocycles. The normalized spacial score (nSPS) is 11.0. The van der Waals surface area contributed by atoms with Crippen LogP contribution < -0.4 is 5.32 Å². The summed E-state index contributed by atoms with van der Waals surface area (Å²) in [5.41, 5.74) is 1.07. The standard InChI is InChI=1S/C16H21FN2O2/c1-12-5-3-6-13(16(12)17)14-11-19-15(21-14)7-4-8-18-9-10-20-2/h3,5-6,11,18H,4,7-10H2,1-2H3. The molecule has 5 heteroatoms. The number of benzene rings is 1. The molecule has 0 spiro atoms. The molecule has 0 aliphatic carbocycles. The van der Waals surface area contributed by atoms with Gasteiger partial charge in [-0.05, 0) is 31.5 Å². The molecular weight excluding hydrogens is 271 g/mol. The molecular formula is C16H21FN2O2. The number of aromatic nitrogens is 1. The third kappa shape index (κ3) is 4.37. The molecule has 4 nitrogen and oxygen atoms in total. The highest BCUT2D eigenvalue weighted by Crippen LogP contribution is 2.25. The first-order valence-electron chi connectivity index (χ1n) is 7.12. The number of rotatable bonds is 8. The van der Waals surface area contributed by atoms with Crippen molar-refractivity contribution in [2.75, 3.05) is 26.8 Å². The molecule has 0 aliphatic heterocycles. The van der Waals surface area contributed by atoms with Crippen molar-refractivity contribution in [3.05, 3.63) is 41.7 Å². The van der Waals surface area contributed by atoms with E-state index in [1.807, 2.05) is 6.07 Å². The van der Waals surface area contributed by atoms with Gasteiger partial charge in [-0.25, -0.2) is 9.37 Å². The molecule has 0 aliphatic rings. The number of nitrogens with zero attached hydrogens (tertiary/aromatic N) is 1. The first-order chi connectivity index (χ1) is 10.2. The molecule has 0 radical (unpaired) electrons. The van der Waals surface area contributed by atoms with E-state index in [1.54, 1.807) is 32.4 Å². The Bertz CT molecular complexity index is 569. The topological polar surface area (TPSA) is 47.3 Å². The molecule has 2 rings (SSSR count). The van der Waals surface area contributed by atoms with Crippen molar-refractivity contribution in [2.24, 2.45) is 0 Å². The Morgan fingerprint density at radius 3 is 3.00 bits per heavy atom. The van der Waals surface area contributed by atoms with Gasteiger partial charge in [-0.3, -0.25) is 0 Å². The van der Waals surface area contributed by atoms with Gasteiger partial charge in [0.15, 0.2) is 11.7 Å². The van der Waals surface area contributed by atoms with E-state index in [9.17, 15) is 4.39 Å². The van der Waals surface area contributed by atoms with Crippen LogP contribution in [0, 0.1) is 12.7 Å². The zero-order chi connectivity index (χ0) is 15.1. The van der Waals surface area contributed by atoms with Crippen molar-refractivity contribution in [1.29, 1.82) is 0 Å². The Morgan fingerprint density at radius 2 is 2.19 bits per heavy atom. The van der Waals surface area contributed by atoms with E-state index < -0.39 is 0 Å². The lowest BCUT2D eigenvalue weighted by molar-refractivity contribution is 0.199. The maximum Gasteiger partial charge on any atom is 0.194 e. The van der Waals surface area contributed by atoms with Crippen LogP contribution in [0.5, 0.6) is 0 Å². The van der Waals surface area contributed by atoms with E-state index in [-0.39, 0.29) is 5.82 Å². The molecule has 0 saturated heterocycles. The molecule has 0 amide bonds. The van der Waals surface area contributed by atoms with E-state index >= 15 is 0 Å². The van der Waals surface area contributed by atoms with Crippen molar-refractivity contribution in [3.8, 4) is 11.3 Å². The molecule has 1 heterocycles. The highest BCUT2D eigenvalue weighted by atomic mass is 19.1. The second-order valence-corrected chi connectivity index (χ2v) is 4.90. The summed E-state index contributed by atoms with van der Waals surface area (Å²) in [5.74, 6) is 0.874. The first kappa shape index (κ1) is 15.7.